The Morgan fingerprint density at radius 3 is 3.17 bits per heavy atom. The summed E-state index contributed by atoms with van der Waals surface area (Å²) in [5.41, 5.74) is 4.92. The van der Waals surface area contributed by atoms with E-state index in [0.29, 0.717) is 0 Å². The van der Waals surface area contributed by atoms with Crippen molar-refractivity contribution >= 4 is 16.3 Å². The Balaban J connectivity index is 1.86. The maximum Gasteiger partial charge on any atom is 0.193 e. The number of hydrogen-bond donors (Lipinski definition) is 2. The standard InChI is InChI=1S/C12H14N4OS/c1-8-10(2-4-17-8)11(15-13)6-9-7-16-3-5-18-12(16)14-9/h2-5,7,11,15H,6,13H2,1H3. The van der Waals surface area contributed by atoms with Crippen LogP contribution in [0.1, 0.15) is 23.1 Å². The Hall–Kier alpha value is -1.63. The monoisotopic (exact) mass is 262 g/mol. The molecule has 0 aliphatic heterocycles. The first kappa shape index (κ1) is 11.5. The molecule has 3 rings (SSSR count). The van der Waals surface area contributed by atoms with Crippen molar-refractivity contribution in [3.8, 4) is 0 Å². The largest absolute Gasteiger partial charge is 0.469 e. The minimum Gasteiger partial charge on any atom is -0.469 e. The molecule has 18 heavy (non-hydrogen) atoms. The average molecular weight is 262 g/mol. The van der Waals surface area contributed by atoms with E-state index < -0.39 is 0 Å². The third-order valence-corrected chi connectivity index (χ3v) is 3.80. The summed E-state index contributed by atoms with van der Waals surface area (Å²) in [7, 11) is 0. The van der Waals surface area contributed by atoms with Crippen molar-refractivity contribution in [2.24, 2.45) is 5.84 Å². The van der Waals surface area contributed by atoms with Crippen molar-refractivity contribution in [1.82, 2.24) is 14.8 Å². The van der Waals surface area contributed by atoms with E-state index in [1.807, 2.05) is 35.2 Å². The number of nitrogens with two attached hydrogens (primary N) is 1. The van der Waals surface area contributed by atoms with Crippen molar-refractivity contribution in [3.05, 3.63) is 47.1 Å². The lowest BCUT2D eigenvalue weighted by atomic mass is 10.0. The van der Waals surface area contributed by atoms with E-state index in [9.17, 15) is 0 Å². The highest BCUT2D eigenvalue weighted by Crippen LogP contribution is 2.22. The Bertz CT molecular complexity index is 625. The second-order valence-electron chi connectivity index (χ2n) is 4.18. The van der Waals surface area contributed by atoms with E-state index >= 15 is 0 Å². The summed E-state index contributed by atoms with van der Waals surface area (Å²) in [4.78, 5) is 5.56. The average Bonchev–Trinajstić information content (AvgIpc) is 3.01. The van der Waals surface area contributed by atoms with Crippen molar-refractivity contribution in [1.29, 1.82) is 0 Å². The first-order valence-corrected chi connectivity index (χ1v) is 6.57. The molecular weight excluding hydrogens is 248 g/mol. The van der Waals surface area contributed by atoms with E-state index in [2.05, 4.69) is 10.4 Å². The zero-order chi connectivity index (χ0) is 12.5. The fraction of sp³-hybridized carbons (Fsp3) is 0.250. The highest BCUT2D eigenvalue weighted by atomic mass is 32.1. The van der Waals surface area contributed by atoms with Crippen LogP contribution in [0.4, 0.5) is 0 Å². The summed E-state index contributed by atoms with van der Waals surface area (Å²) >= 11 is 1.63. The van der Waals surface area contributed by atoms with Gasteiger partial charge in [-0.25, -0.2) is 4.98 Å². The minimum atomic E-state index is 0.0216. The maximum atomic E-state index is 5.63. The van der Waals surface area contributed by atoms with E-state index in [1.54, 1.807) is 17.6 Å². The van der Waals surface area contributed by atoms with E-state index in [4.69, 9.17) is 10.3 Å². The van der Waals surface area contributed by atoms with Crippen molar-refractivity contribution in [3.63, 3.8) is 0 Å². The molecule has 0 radical (unpaired) electrons. The number of nitrogens with one attached hydrogen (secondary N) is 1. The summed E-state index contributed by atoms with van der Waals surface area (Å²) in [6.07, 6.45) is 6.46. The number of aromatic nitrogens is 2. The van der Waals surface area contributed by atoms with E-state index in [-0.39, 0.29) is 6.04 Å². The number of nitrogens with zero attached hydrogens (tertiary/aromatic N) is 2. The highest BCUT2D eigenvalue weighted by molar-refractivity contribution is 7.15. The van der Waals surface area contributed by atoms with Gasteiger partial charge in [-0.05, 0) is 13.0 Å². The molecule has 0 aliphatic carbocycles. The molecule has 0 fully saturated rings. The number of fused-ring (bicyclic) bond motifs is 1. The quantitative estimate of drug-likeness (QED) is 0.557. The molecule has 0 aromatic carbocycles. The summed E-state index contributed by atoms with van der Waals surface area (Å²) in [5, 5.41) is 2.02. The molecule has 1 atom stereocenters. The van der Waals surface area contributed by atoms with Gasteiger partial charge in [0.05, 0.1) is 18.0 Å². The lowest BCUT2D eigenvalue weighted by Crippen LogP contribution is -2.29. The second-order valence-corrected chi connectivity index (χ2v) is 5.05. The molecule has 0 saturated heterocycles. The number of hydrazine groups is 1. The zero-order valence-electron chi connectivity index (χ0n) is 9.96. The molecule has 3 N–H and O–H groups in total. The number of thiazole rings is 1. The minimum absolute atomic E-state index is 0.0216. The number of hydrogen-bond acceptors (Lipinski definition) is 5. The van der Waals surface area contributed by atoms with Gasteiger partial charge in [0.25, 0.3) is 0 Å². The number of furan rings is 1. The predicted molar refractivity (Wildman–Crippen MR) is 70.3 cm³/mol. The predicted octanol–water partition coefficient (Wildman–Crippen LogP) is 2.04. The van der Waals surface area contributed by atoms with Crippen LogP contribution in [-0.2, 0) is 6.42 Å². The van der Waals surface area contributed by atoms with Crippen LogP contribution in [0.2, 0.25) is 0 Å². The molecule has 0 spiro atoms. The highest BCUT2D eigenvalue weighted by Gasteiger charge is 2.16. The van der Waals surface area contributed by atoms with Crippen molar-refractivity contribution in [2.45, 2.75) is 19.4 Å². The smallest absolute Gasteiger partial charge is 0.193 e. The maximum absolute atomic E-state index is 5.63. The van der Waals surface area contributed by atoms with Gasteiger partial charge in [0.15, 0.2) is 4.96 Å². The molecule has 0 saturated carbocycles. The Kier molecular flexibility index (Phi) is 2.91. The first-order valence-electron chi connectivity index (χ1n) is 5.69. The number of aryl methyl sites for hydroxylation is 1. The fourth-order valence-corrected chi connectivity index (χ4v) is 2.82. The van der Waals surface area contributed by atoms with Crippen LogP contribution in [0, 0.1) is 6.92 Å². The fourth-order valence-electron chi connectivity index (χ4n) is 2.10. The summed E-state index contributed by atoms with van der Waals surface area (Å²) in [6.45, 7) is 1.94. The van der Waals surface area contributed by atoms with Gasteiger partial charge in [-0.1, -0.05) is 0 Å². The first-order chi connectivity index (χ1) is 8.78. The van der Waals surface area contributed by atoms with Crippen LogP contribution in [-0.4, -0.2) is 9.38 Å². The van der Waals surface area contributed by atoms with E-state index in [0.717, 1.165) is 28.4 Å². The van der Waals surface area contributed by atoms with Gasteiger partial charge in [0, 0.05) is 29.8 Å². The van der Waals surface area contributed by atoms with Crippen LogP contribution in [0.3, 0.4) is 0 Å². The molecule has 5 nitrogen and oxygen atoms in total. The van der Waals surface area contributed by atoms with Crippen molar-refractivity contribution in [2.75, 3.05) is 0 Å². The lowest BCUT2D eigenvalue weighted by molar-refractivity contribution is 0.500. The van der Waals surface area contributed by atoms with Crippen LogP contribution < -0.4 is 11.3 Å². The van der Waals surface area contributed by atoms with Crippen LogP contribution in [0.25, 0.3) is 4.96 Å². The molecule has 3 heterocycles. The summed E-state index contributed by atoms with van der Waals surface area (Å²) < 4.78 is 7.33. The number of imidazole rings is 1. The Morgan fingerprint density at radius 2 is 2.50 bits per heavy atom. The molecule has 0 amide bonds. The van der Waals surface area contributed by atoms with Crippen LogP contribution in [0.5, 0.6) is 0 Å². The molecular formula is C12H14N4OS. The molecule has 3 aromatic rings. The van der Waals surface area contributed by atoms with Gasteiger partial charge in [0.2, 0.25) is 0 Å². The van der Waals surface area contributed by atoms with Gasteiger partial charge in [-0.15, -0.1) is 11.3 Å². The van der Waals surface area contributed by atoms with Crippen LogP contribution >= 0.6 is 11.3 Å². The SMILES string of the molecule is Cc1occc1C(Cc1cn2ccsc2n1)NN. The molecule has 94 valence electrons. The van der Waals surface area contributed by atoms with E-state index in [1.165, 1.54) is 0 Å². The third kappa shape index (κ3) is 1.94. The zero-order valence-corrected chi connectivity index (χ0v) is 10.8. The Labute approximate surface area is 108 Å². The van der Waals surface area contributed by atoms with Gasteiger partial charge in [-0.3, -0.25) is 15.7 Å². The lowest BCUT2D eigenvalue weighted by Gasteiger charge is -2.13. The van der Waals surface area contributed by atoms with Gasteiger partial charge < -0.3 is 4.42 Å². The molecule has 1 unspecified atom stereocenters. The van der Waals surface area contributed by atoms with Gasteiger partial charge >= 0.3 is 0 Å². The van der Waals surface area contributed by atoms with Crippen molar-refractivity contribution < 1.29 is 4.42 Å². The molecule has 0 bridgehead atoms. The summed E-state index contributed by atoms with van der Waals surface area (Å²) in [5.74, 6) is 6.51. The molecule has 0 aliphatic rings. The molecule has 3 aromatic heterocycles. The summed E-state index contributed by atoms with van der Waals surface area (Å²) in [6, 6.07) is 1.96. The van der Waals surface area contributed by atoms with Gasteiger partial charge in [-0.2, -0.15) is 0 Å². The molecule has 6 heteroatoms. The topological polar surface area (TPSA) is 68.5 Å². The van der Waals surface area contributed by atoms with Crippen LogP contribution in [0.15, 0.2) is 34.5 Å². The Morgan fingerprint density at radius 1 is 1.61 bits per heavy atom. The third-order valence-electron chi connectivity index (χ3n) is 3.03. The number of rotatable bonds is 4. The normalized spacial score (nSPS) is 13.2. The second kappa shape index (κ2) is 4.56. The van der Waals surface area contributed by atoms with Gasteiger partial charge in [0.1, 0.15) is 5.76 Å².